The van der Waals surface area contributed by atoms with Crippen LogP contribution in [0, 0.1) is 22.0 Å². The van der Waals surface area contributed by atoms with Gasteiger partial charge in [-0.3, -0.25) is 19.7 Å². The van der Waals surface area contributed by atoms with Gasteiger partial charge >= 0.3 is 5.97 Å². The van der Waals surface area contributed by atoms with Crippen molar-refractivity contribution in [3.8, 4) is 5.75 Å². The number of carboxylic acids is 1. The summed E-state index contributed by atoms with van der Waals surface area (Å²) in [6, 6.07) is 3.66. The number of aliphatic carboxylic acids is 1. The van der Waals surface area contributed by atoms with Gasteiger partial charge in [0, 0.05) is 6.07 Å². The Morgan fingerprint density at radius 2 is 1.95 bits per heavy atom. The molecular formula is C13H14N2O6. The zero-order chi connectivity index (χ0) is 15.6. The van der Waals surface area contributed by atoms with E-state index in [1.54, 1.807) is 0 Å². The molecule has 21 heavy (non-hydrogen) atoms. The molecule has 112 valence electrons. The van der Waals surface area contributed by atoms with E-state index in [1.807, 2.05) is 0 Å². The average Bonchev–Trinajstić information content (AvgIpc) is 2.90. The highest BCUT2D eigenvalue weighted by atomic mass is 16.6. The first-order valence-electron chi connectivity index (χ1n) is 6.42. The van der Waals surface area contributed by atoms with E-state index in [2.05, 4.69) is 5.32 Å². The van der Waals surface area contributed by atoms with E-state index in [1.165, 1.54) is 12.1 Å². The first kappa shape index (κ1) is 14.8. The Balaban J connectivity index is 2.24. The zero-order valence-electron chi connectivity index (χ0n) is 11.0. The van der Waals surface area contributed by atoms with Crippen molar-refractivity contribution in [2.75, 3.05) is 5.32 Å². The van der Waals surface area contributed by atoms with Crippen LogP contribution >= 0.6 is 0 Å². The van der Waals surface area contributed by atoms with Crippen molar-refractivity contribution in [3.05, 3.63) is 28.3 Å². The Morgan fingerprint density at radius 1 is 1.29 bits per heavy atom. The molecule has 1 aliphatic rings. The summed E-state index contributed by atoms with van der Waals surface area (Å²) in [5, 5.41) is 31.9. The monoisotopic (exact) mass is 294 g/mol. The predicted molar refractivity (Wildman–Crippen MR) is 71.9 cm³/mol. The Morgan fingerprint density at radius 3 is 2.57 bits per heavy atom. The van der Waals surface area contributed by atoms with Gasteiger partial charge in [0.15, 0.2) is 5.69 Å². The van der Waals surface area contributed by atoms with Crippen LogP contribution in [0.25, 0.3) is 0 Å². The van der Waals surface area contributed by atoms with Crippen LogP contribution < -0.4 is 5.32 Å². The number of hydrogen-bond acceptors (Lipinski definition) is 5. The van der Waals surface area contributed by atoms with Crippen molar-refractivity contribution >= 4 is 23.3 Å². The maximum Gasteiger partial charge on any atom is 0.307 e. The van der Waals surface area contributed by atoms with Gasteiger partial charge < -0.3 is 15.5 Å². The quantitative estimate of drug-likeness (QED) is 0.440. The molecule has 8 nitrogen and oxygen atoms in total. The average molecular weight is 294 g/mol. The van der Waals surface area contributed by atoms with Gasteiger partial charge in [0.2, 0.25) is 5.91 Å². The van der Waals surface area contributed by atoms with Crippen LogP contribution in [0.1, 0.15) is 19.3 Å². The number of nitrogens with one attached hydrogen (secondary N) is 1. The Kier molecular flexibility index (Phi) is 4.06. The molecule has 0 bridgehead atoms. The number of para-hydroxylation sites is 1. The van der Waals surface area contributed by atoms with Crippen LogP contribution in [0.4, 0.5) is 11.4 Å². The van der Waals surface area contributed by atoms with Gasteiger partial charge in [0.25, 0.3) is 5.69 Å². The Labute approximate surface area is 119 Å². The van der Waals surface area contributed by atoms with Gasteiger partial charge in [-0.25, -0.2) is 0 Å². The largest absolute Gasteiger partial charge is 0.505 e. The van der Waals surface area contributed by atoms with Gasteiger partial charge in [-0.2, -0.15) is 0 Å². The van der Waals surface area contributed by atoms with Crippen molar-refractivity contribution in [2.45, 2.75) is 19.3 Å². The fourth-order valence-electron chi connectivity index (χ4n) is 2.59. The zero-order valence-corrected chi connectivity index (χ0v) is 11.0. The molecule has 1 fully saturated rings. The van der Waals surface area contributed by atoms with Crippen LogP contribution in [0.5, 0.6) is 5.75 Å². The number of nitro benzene ring substituents is 1. The molecule has 1 aromatic rings. The van der Waals surface area contributed by atoms with E-state index in [9.17, 15) is 24.8 Å². The topological polar surface area (TPSA) is 130 Å². The van der Waals surface area contributed by atoms with Gasteiger partial charge in [-0.05, 0) is 18.9 Å². The third kappa shape index (κ3) is 2.93. The summed E-state index contributed by atoms with van der Waals surface area (Å²) in [6.45, 7) is 0. The number of aromatic hydroxyl groups is 1. The molecule has 0 radical (unpaired) electrons. The van der Waals surface area contributed by atoms with Crippen LogP contribution in [0.15, 0.2) is 18.2 Å². The molecule has 2 unspecified atom stereocenters. The lowest BCUT2D eigenvalue weighted by molar-refractivity contribution is -0.384. The van der Waals surface area contributed by atoms with Gasteiger partial charge in [0.05, 0.1) is 16.8 Å². The summed E-state index contributed by atoms with van der Waals surface area (Å²) in [7, 11) is 0. The molecule has 0 heterocycles. The Bertz CT molecular complexity index is 600. The number of benzene rings is 1. The number of carbonyl (C=O) groups excluding carboxylic acids is 1. The number of carbonyl (C=O) groups is 2. The van der Waals surface area contributed by atoms with Crippen LogP contribution in [-0.2, 0) is 9.59 Å². The molecule has 2 rings (SSSR count). The van der Waals surface area contributed by atoms with Crippen molar-refractivity contribution in [1.82, 2.24) is 0 Å². The minimum Gasteiger partial charge on any atom is -0.505 e. The number of nitrogens with zero attached hydrogens (tertiary/aromatic N) is 1. The molecule has 0 spiro atoms. The number of phenols is 1. The van der Waals surface area contributed by atoms with E-state index in [4.69, 9.17) is 5.11 Å². The normalized spacial score (nSPS) is 21.0. The second-order valence-corrected chi connectivity index (χ2v) is 4.90. The highest BCUT2D eigenvalue weighted by molar-refractivity contribution is 5.98. The highest BCUT2D eigenvalue weighted by Crippen LogP contribution is 2.37. The first-order chi connectivity index (χ1) is 9.91. The van der Waals surface area contributed by atoms with E-state index >= 15 is 0 Å². The summed E-state index contributed by atoms with van der Waals surface area (Å²) < 4.78 is 0. The summed E-state index contributed by atoms with van der Waals surface area (Å²) in [4.78, 5) is 33.4. The van der Waals surface area contributed by atoms with E-state index < -0.39 is 40.1 Å². The van der Waals surface area contributed by atoms with E-state index in [-0.39, 0.29) is 5.69 Å². The highest BCUT2D eigenvalue weighted by Gasteiger charge is 2.38. The standard InChI is InChI=1S/C13H14N2O6/c16-10-6-2-5-9(15(20)21)11(10)14-12(17)7-3-1-4-8(7)13(18)19/h2,5-8,16H,1,3-4H2,(H,14,17)(H,18,19). The maximum absolute atomic E-state index is 12.1. The summed E-state index contributed by atoms with van der Waals surface area (Å²) in [6.07, 6.45) is 1.42. The van der Waals surface area contributed by atoms with E-state index in [0.717, 1.165) is 6.07 Å². The fourth-order valence-corrected chi connectivity index (χ4v) is 2.59. The second-order valence-electron chi connectivity index (χ2n) is 4.90. The maximum atomic E-state index is 12.1. The number of amides is 1. The van der Waals surface area contributed by atoms with Crippen molar-refractivity contribution in [1.29, 1.82) is 0 Å². The summed E-state index contributed by atoms with van der Waals surface area (Å²) in [5.74, 6) is -3.65. The molecule has 0 aliphatic heterocycles. The lowest BCUT2D eigenvalue weighted by atomic mass is 9.95. The number of hydrogen-bond donors (Lipinski definition) is 3. The smallest absolute Gasteiger partial charge is 0.307 e. The predicted octanol–water partition coefficient (Wildman–Crippen LogP) is 1.74. The molecule has 1 saturated carbocycles. The molecule has 0 aromatic heterocycles. The lowest BCUT2D eigenvalue weighted by Gasteiger charge is -2.16. The third-order valence-electron chi connectivity index (χ3n) is 3.64. The number of carboxylic acid groups (broad SMARTS) is 1. The fraction of sp³-hybridized carbons (Fsp3) is 0.385. The number of rotatable bonds is 4. The molecule has 3 N–H and O–H groups in total. The minimum absolute atomic E-state index is 0.302. The van der Waals surface area contributed by atoms with Crippen LogP contribution in [-0.4, -0.2) is 27.0 Å². The van der Waals surface area contributed by atoms with Crippen molar-refractivity contribution in [3.63, 3.8) is 0 Å². The van der Waals surface area contributed by atoms with E-state index in [0.29, 0.717) is 19.3 Å². The van der Waals surface area contributed by atoms with Crippen molar-refractivity contribution < 1.29 is 24.7 Å². The molecule has 1 amide bonds. The van der Waals surface area contributed by atoms with Crippen LogP contribution in [0.3, 0.4) is 0 Å². The lowest BCUT2D eigenvalue weighted by Crippen LogP contribution is -2.30. The summed E-state index contributed by atoms with van der Waals surface area (Å²) >= 11 is 0. The van der Waals surface area contributed by atoms with Crippen LogP contribution in [0.2, 0.25) is 0 Å². The molecule has 1 aliphatic carbocycles. The second kappa shape index (κ2) is 5.78. The SMILES string of the molecule is O=C(O)C1CCCC1C(=O)Nc1c(O)cccc1[N+](=O)[O-]. The number of phenolic OH excluding ortho intramolecular Hbond substituents is 1. The van der Waals surface area contributed by atoms with Crippen molar-refractivity contribution in [2.24, 2.45) is 11.8 Å². The van der Waals surface area contributed by atoms with Gasteiger partial charge in [-0.1, -0.05) is 12.5 Å². The molecule has 2 atom stereocenters. The Hall–Kier alpha value is -2.64. The summed E-state index contributed by atoms with van der Waals surface area (Å²) in [5.41, 5.74) is -0.739. The molecule has 0 saturated heterocycles. The first-order valence-corrected chi connectivity index (χ1v) is 6.42. The molecule has 1 aromatic carbocycles. The minimum atomic E-state index is -1.06. The molecular weight excluding hydrogens is 280 g/mol. The number of nitro groups is 1. The number of anilines is 1. The molecule has 8 heteroatoms. The van der Waals surface area contributed by atoms with Gasteiger partial charge in [-0.15, -0.1) is 0 Å². The third-order valence-corrected chi connectivity index (χ3v) is 3.64. The van der Waals surface area contributed by atoms with Gasteiger partial charge in [0.1, 0.15) is 5.75 Å².